The topological polar surface area (TPSA) is 44.4 Å². The number of nitrogens with one attached hydrogen (secondary N) is 2. The molecule has 0 spiro atoms. The van der Waals surface area contributed by atoms with Crippen molar-refractivity contribution in [1.29, 1.82) is 0 Å². The number of hydrogen-bond acceptors (Lipinski definition) is 3. The molecule has 2 fully saturated rings. The second-order valence-corrected chi connectivity index (χ2v) is 6.32. The summed E-state index contributed by atoms with van der Waals surface area (Å²) in [6.07, 6.45) is 4.85. The zero-order chi connectivity index (χ0) is 14.7. The van der Waals surface area contributed by atoms with E-state index in [2.05, 4.69) is 15.5 Å². The molecule has 2 aliphatic rings. The van der Waals surface area contributed by atoms with E-state index in [9.17, 15) is 4.79 Å². The number of carbonyl (C=O) groups is 1. The molecule has 1 aromatic rings. The lowest BCUT2D eigenvalue weighted by molar-refractivity contribution is -0.117. The molecule has 114 valence electrons. The molecule has 2 saturated heterocycles. The van der Waals surface area contributed by atoms with Gasteiger partial charge in [0.15, 0.2) is 0 Å². The van der Waals surface area contributed by atoms with E-state index in [1.807, 2.05) is 18.2 Å². The highest BCUT2D eigenvalue weighted by molar-refractivity contribution is 6.33. The lowest BCUT2D eigenvalue weighted by Crippen LogP contribution is -2.46. The van der Waals surface area contributed by atoms with E-state index < -0.39 is 0 Å². The van der Waals surface area contributed by atoms with Crippen molar-refractivity contribution in [1.82, 2.24) is 10.2 Å². The number of rotatable bonds is 4. The Balaban J connectivity index is 1.57. The summed E-state index contributed by atoms with van der Waals surface area (Å²) in [5.74, 6) is 0.0213. The highest BCUT2D eigenvalue weighted by Crippen LogP contribution is 2.25. The minimum atomic E-state index is 0.0213. The van der Waals surface area contributed by atoms with Crippen molar-refractivity contribution in [2.24, 2.45) is 0 Å². The molecule has 3 rings (SSSR count). The van der Waals surface area contributed by atoms with Crippen LogP contribution in [0.15, 0.2) is 24.3 Å². The van der Waals surface area contributed by atoms with Gasteiger partial charge >= 0.3 is 0 Å². The van der Waals surface area contributed by atoms with Crippen LogP contribution in [0.25, 0.3) is 0 Å². The van der Waals surface area contributed by atoms with Crippen LogP contribution in [0.3, 0.4) is 0 Å². The predicted octanol–water partition coefficient (Wildman–Crippen LogP) is 2.49. The molecule has 0 saturated carbocycles. The van der Waals surface area contributed by atoms with E-state index in [1.54, 1.807) is 6.07 Å². The summed E-state index contributed by atoms with van der Waals surface area (Å²) in [5, 5.41) is 7.07. The fourth-order valence-electron chi connectivity index (χ4n) is 3.48. The lowest BCUT2D eigenvalue weighted by atomic mass is 10.0. The number of carbonyl (C=O) groups excluding carboxylic acids is 1. The molecule has 5 heteroatoms. The Morgan fingerprint density at radius 1 is 1.33 bits per heavy atom. The number of para-hydroxylation sites is 1. The molecule has 1 amide bonds. The number of halogens is 1. The normalized spacial score (nSPS) is 26.1. The molecule has 2 aliphatic heterocycles. The van der Waals surface area contributed by atoms with Gasteiger partial charge in [-0.05, 0) is 50.9 Å². The summed E-state index contributed by atoms with van der Waals surface area (Å²) in [5.41, 5.74) is 0.693. The van der Waals surface area contributed by atoms with Gasteiger partial charge < -0.3 is 10.6 Å². The molecular formula is C16H22ClN3O. The van der Waals surface area contributed by atoms with Crippen LogP contribution in [-0.4, -0.2) is 42.5 Å². The summed E-state index contributed by atoms with van der Waals surface area (Å²) in [7, 11) is 0. The maximum absolute atomic E-state index is 12.2. The summed E-state index contributed by atoms with van der Waals surface area (Å²) in [4.78, 5) is 14.6. The van der Waals surface area contributed by atoms with Crippen LogP contribution < -0.4 is 10.6 Å². The van der Waals surface area contributed by atoms with Gasteiger partial charge in [-0.1, -0.05) is 23.7 Å². The number of nitrogens with zero attached hydrogens (tertiary/aromatic N) is 1. The van der Waals surface area contributed by atoms with Gasteiger partial charge in [0.2, 0.25) is 5.91 Å². The maximum atomic E-state index is 12.2. The SMILES string of the molecule is O=C(CN1CCCC1C1CCCN1)Nc1ccccc1Cl. The first-order chi connectivity index (χ1) is 10.2. The largest absolute Gasteiger partial charge is 0.324 e. The fourth-order valence-corrected chi connectivity index (χ4v) is 3.66. The Hall–Kier alpha value is -1.10. The van der Waals surface area contributed by atoms with Gasteiger partial charge in [-0.25, -0.2) is 0 Å². The van der Waals surface area contributed by atoms with E-state index in [0.29, 0.717) is 29.3 Å². The highest BCUT2D eigenvalue weighted by Gasteiger charge is 2.33. The van der Waals surface area contributed by atoms with Crippen LogP contribution in [0, 0.1) is 0 Å². The van der Waals surface area contributed by atoms with Crippen molar-refractivity contribution < 1.29 is 4.79 Å². The van der Waals surface area contributed by atoms with Gasteiger partial charge in [-0.2, -0.15) is 0 Å². The smallest absolute Gasteiger partial charge is 0.238 e. The quantitative estimate of drug-likeness (QED) is 0.898. The Bertz CT molecular complexity index is 502. The van der Waals surface area contributed by atoms with Crippen LogP contribution in [-0.2, 0) is 4.79 Å². The van der Waals surface area contributed by atoms with Gasteiger partial charge in [0.1, 0.15) is 0 Å². The van der Waals surface area contributed by atoms with Crippen LogP contribution in [0.1, 0.15) is 25.7 Å². The summed E-state index contributed by atoms with van der Waals surface area (Å²) in [6.45, 7) is 2.58. The van der Waals surface area contributed by atoms with Gasteiger partial charge in [0.05, 0.1) is 17.3 Å². The zero-order valence-electron chi connectivity index (χ0n) is 12.1. The number of amides is 1. The summed E-state index contributed by atoms with van der Waals surface area (Å²) < 4.78 is 0. The average Bonchev–Trinajstić information content (AvgIpc) is 3.11. The third-order valence-corrected chi connectivity index (χ3v) is 4.80. The molecule has 2 N–H and O–H groups in total. The van der Waals surface area contributed by atoms with Crippen LogP contribution in [0.2, 0.25) is 5.02 Å². The highest BCUT2D eigenvalue weighted by atomic mass is 35.5. The Morgan fingerprint density at radius 3 is 2.95 bits per heavy atom. The van der Waals surface area contributed by atoms with Gasteiger partial charge in [0, 0.05) is 12.1 Å². The van der Waals surface area contributed by atoms with Crippen LogP contribution in [0.4, 0.5) is 5.69 Å². The first-order valence-corrected chi connectivity index (χ1v) is 8.13. The zero-order valence-corrected chi connectivity index (χ0v) is 12.9. The molecule has 4 nitrogen and oxygen atoms in total. The molecule has 1 aromatic carbocycles. The van der Waals surface area contributed by atoms with Crippen molar-refractivity contribution in [3.63, 3.8) is 0 Å². The maximum Gasteiger partial charge on any atom is 0.238 e. The van der Waals surface area contributed by atoms with Gasteiger partial charge in [-0.15, -0.1) is 0 Å². The van der Waals surface area contributed by atoms with Crippen LogP contribution >= 0.6 is 11.6 Å². The standard InChI is InChI=1S/C16H22ClN3O/c17-12-5-1-2-6-13(12)19-16(21)11-20-10-4-8-15(20)14-7-3-9-18-14/h1-2,5-6,14-15,18H,3-4,7-11H2,(H,19,21). The van der Waals surface area contributed by atoms with E-state index >= 15 is 0 Å². The first-order valence-electron chi connectivity index (χ1n) is 7.76. The minimum Gasteiger partial charge on any atom is -0.324 e. The Labute approximate surface area is 130 Å². The molecule has 0 radical (unpaired) electrons. The number of hydrogen-bond donors (Lipinski definition) is 2. The third-order valence-electron chi connectivity index (χ3n) is 4.47. The van der Waals surface area contributed by atoms with E-state index in [1.165, 1.54) is 25.7 Å². The molecule has 0 aliphatic carbocycles. The minimum absolute atomic E-state index is 0.0213. The predicted molar refractivity (Wildman–Crippen MR) is 85.7 cm³/mol. The van der Waals surface area contributed by atoms with E-state index in [-0.39, 0.29) is 5.91 Å². The van der Waals surface area contributed by atoms with Gasteiger partial charge in [-0.3, -0.25) is 9.69 Å². The lowest BCUT2D eigenvalue weighted by Gasteiger charge is -2.28. The van der Waals surface area contributed by atoms with Crippen molar-refractivity contribution in [2.75, 3.05) is 25.0 Å². The molecule has 21 heavy (non-hydrogen) atoms. The summed E-state index contributed by atoms with van der Waals surface area (Å²) in [6, 6.07) is 8.42. The van der Waals surface area contributed by atoms with Crippen molar-refractivity contribution in [3.8, 4) is 0 Å². The molecule has 2 heterocycles. The fraction of sp³-hybridized carbons (Fsp3) is 0.562. The molecule has 0 aromatic heterocycles. The van der Waals surface area contributed by atoms with Gasteiger partial charge in [0.25, 0.3) is 0 Å². The second kappa shape index (κ2) is 6.77. The van der Waals surface area contributed by atoms with Crippen molar-refractivity contribution in [2.45, 2.75) is 37.8 Å². The molecule has 0 bridgehead atoms. The van der Waals surface area contributed by atoms with E-state index in [4.69, 9.17) is 11.6 Å². The number of likely N-dealkylation sites (tertiary alicyclic amines) is 1. The second-order valence-electron chi connectivity index (χ2n) is 5.91. The Kier molecular flexibility index (Phi) is 4.78. The summed E-state index contributed by atoms with van der Waals surface area (Å²) >= 11 is 6.08. The molecule has 2 unspecified atom stereocenters. The number of benzene rings is 1. The molecule has 2 atom stereocenters. The molecular weight excluding hydrogens is 286 g/mol. The number of anilines is 1. The monoisotopic (exact) mass is 307 g/mol. The average molecular weight is 308 g/mol. The van der Waals surface area contributed by atoms with E-state index in [0.717, 1.165) is 13.1 Å². The third kappa shape index (κ3) is 3.57. The first kappa shape index (κ1) is 14.8. The van der Waals surface area contributed by atoms with Crippen molar-refractivity contribution in [3.05, 3.63) is 29.3 Å². The van der Waals surface area contributed by atoms with Crippen LogP contribution in [0.5, 0.6) is 0 Å². The Morgan fingerprint density at radius 2 is 2.19 bits per heavy atom. The van der Waals surface area contributed by atoms with Crippen molar-refractivity contribution >= 4 is 23.2 Å².